The number of hydrogen-bond acceptors (Lipinski definition) is 10. The van der Waals surface area contributed by atoms with Crippen LogP contribution >= 0.6 is 7.75 Å². The molecule has 1 aromatic heterocycles. The van der Waals surface area contributed by atoms with Gasteiger partial charge in [0.05, 0.1) is 30.3 Å². The standard InChI is InChI=1S/C24H32FN4O8P/c1-14(2)35-21(31)15(3)28-38(33,37-16-8-6-5-7-9-16)34-12-17-23(4)24(17,13-30)19(25)20(36-23)29-11-10-18(26)27-22(29)32/h5-11,14-15,17,19-20,30H,12-13H2,1-4H3,(H,28,33)(H2,26,27,32)/t15-,17-,19?,20-,23?,24?,38?/m0/s1. The minimum absolute atomic E-state index is 0.0210. The molecule has 2 heterocycles. The second-order valence-electron chi connectivity index (χ2n) is 9.84. The third-order valence-electron chi connectivity index (χ3n) is 7.06. The summed E-state index contributed by atoms with van der Waals surface area (Å²) in [5.74, 6) is -1.23. The van der Waals surface area contributed by atoms with Gasteiger partial charge < -0.3 is 24.8 Å². The average molecular weight is 555 g/mol. The molecular weight excluding hydrogens is 522 g/mol. The smallest absolute Gasteiger partial charge is 0.459 e. The van der Waals surface area contributed by atoms with Gasteiger partial charge in [-0.2, -0.15) is 10.1 Å². The van der Waals surface area contributed by atoms with E-state index in [4.69, 9.17) is 24.3 Å². The molecule has 0 bridgehead atoms. The zero-order valence-electron chi connectivity index (χ0n) is 21.4. The molecule has 0 amide bonds. The highest BCUT2D eigenvalue weighted by atomic mass is 31.2. The third kappa shape index (κ3) is 4.96. The van der Waals surface area contributed by atoms with Crippen molar-refractivity contribution in [1.29, 1.82) is 0 Å². The van der Waals surface area contributed by atoms with Crippen molar-refractivity contribution in [2.45, 2.75) is 57.8 Å². The van der Waals surface area contributed by atoms with Gasteiger partial charge in [-0.15, -0.1) is 0 Å². The van der Waals surface area contributed by atoms with E-state index in [-0.39, 0.29) is 18.2 Å². The summed E-state index contributed by atoms with van der Waals surface area (Å²) in [6, 6.07) is 8.46. The second-order valence-corrected chi connectivity index (χ2v) is 11.5. The molecule has 4 rings (SSSR count). The van der Waals surface area contributed by atoms with Crippen LogP contribution in [-0.4, -0.2) is 57.8 Å². The first-order valence-electron chi connectivity index (χ1n) is 12.1. The minimum Gasteiger partial charge on any atom is -0.462 e. The van der Waals surface area contributed by atoms with E-state index in [2.05, 4.69) is 10.1 Å². The molecule has 14 heteroatoms. The van der Waals surface area contributed by atoms with Crippen LogP contribution < -0.4 is 21.0 Å². The first kappa shape index (κ1) is 28.2. The number of nitrogens with zero attached hydrogens (tertiary/aromatic N) is 2. The molecule has 1 aliphatic heterocycles. The van der Waals surface area contributed by atoms with Gasteiger partial charge in [-0.1, -0.05) is 18.2 Å². The summed E-state index contributed by atoms with van der Waals surface area (Å²) >= 11 is 0. The minimum atomic E-state index is -4.21. The molecule has 2 fully saturated rings. The van der Waals surface area contributed by atoms with Crippen LogP contribution in [-0.2, 0) is 23.4 Å². The third-order valence-corrected chi connectivity index (χ3v) is 8.70. The molecule has 12 nitrogen and oxygen atoms in total. The normalized spacial score (nSPS) is 30.3. The Morgan fingerprint density at radius 1 is 1.32 bits per heavy atom. The van der Waals surface area contributed by atoms with Crippen LogP contribution in [0.15, 0.2) is 47.4 Å². The van der Waals surface area contributed by atoms with Crippen LogP contribution in [0.2, 0.25) is 0 Å². The molecule has 1 saturated heterocycles. The van der Waals surface area contributed by atoms with Crippen LogP contribution in [0.4, 0.5) is 10.2 Å². The number of carbonyl (C=O) groups is 1. The summed E-state index contributed by atoms with van der Waals surface area (Å²) in [6.07, 6.45) is -2.29. The van der Waals surface area contributed by atoms with Crippen molar-refractivity contribution in [3.8, 4) is 5.75 Å². The van der Waals surface area contributed by atoms with E-state index in [1.807, 2.05) is 0 Å². The van der Waals surface area contributed by atoms with E-state index in [9.17, 15) is 19.3 Å². The van der Waals surface area contributed by atoms with Gasteiger partial charge in [-0.05, 0) is 45.9 Å². The number of nitrogens with two attached hydrogens (primary N) is 1. The maximum absolute atomic E-state index is 15.8. The fraction of sp³-hybridized carbons (Fsp3) is 0.542. The monoisotopic (exact) mass is 554 g/mol. The molecule has 2 aliphatic rings. The number of ether oxygens (including phenoxy) is 2. The first-order valence-corrected chi connectivity index (χ1v) is 13.7. The highest BCUT2D eigenvalue weighted by Gasteiger charge is 2.85. The Hall–Kier alpha value is -2.83. The molecule has 2 aromatic rings. The molecule has 38 heavy (non-hydrogen) atoms. The zero-order valence-corrected chi connectivity index (χ0v) is 22.3. The Kier molecular flexibility index (Phi) is 7.70. The number of carbonyl (C=O) groups excluding carboxylic acids is 1. The lowest BCUT2D eigenvalue weighted by Crippen LogP contribution is -2.38. The molecule has 1 saturated carbocycles. The number of esters is 1. The maximum atomic E-state index is 15.8. The quantitative estimate of drug-likeness (QED) is 0.275. The first-order chi connectivity index (χ1) is 17.9. The lowest BCUT2D eigenvalue weighted by atomic mass is 9.96. The van der Waals surface area contributed by atoms with Crippen molar-refractivity contribution in [2.24, 2.45) is 11.3 Å². The van der Waals surface area contributed by atoms with Gasteiger partial charge in [0.1, 0.15) is 17.6 Å². The van der Waals surface area contributed by atoms with Crippen molar-refractivity contribution < 1.29 is 37.4 Å². The number of fused-ring (bicyclic) bond motifs is 1. The van der Waals surface area contributed by atoms with E-state index in [1.54, 1.807) is 51.1 Å². The van der Waals surface area contributed by atoms with E-state index in [0.717, 1.165) is 4.57 Å². The topological polar surface area (TPSA) is 164 Å². The summed E-state index contributed by atoms with van der Waals surface area (Å²) in [7, 11) is -4.21. The predicted molar refractivity (Wildman–Crippen MR) is 134 cm³/mol. The maximum Gasteiger partial charge on any atom is 0.459 e. The molecule has 4 N–H and O–H groups in total. The lowest BCUT2D eigenvalue weighted by Gasteiger charge is -2.26. The molecule has 7 atom stereocenters. The Morgan fingerprint density at radius 2 is 2.00 bits per heavy atom. The number of aromatic nitrogens is 2. The van der Waals surface area contributed by atoms with Gasteiger partial charge >= 0.3 is 19.4 Å². The number of benzene rings is 1. The number of rotatable bonds is 11. The van der Waals surface area contributed by atoms with Gasteiger partial charge in [0.2, 0.25) is 0 Å². The number of hydrogen-bond donors (Lipinski definition) is 3. The van der Waals surface area contributed by atoms with Gasteiger partial charge in [0.25, 0.3) is 0 Å². The van der Waals surface area contributed by atoms with Gasteiger partial charge in [-0.25, -0.2) is 13.8 Å². The number of halogens is 1. The number of nitrogen functional groups attached to an aromatic ring is 1. The Bertz CT molecular complexity index is 1280. The van der Waals surface area contributed by atoms with Crippen LogP contribution in [0.25, 0.3) is 0 Å². The van der Waals surface area contributed by atoms with E-state index >= 15 is 4.39 Å². The van der Waals surface area contributed by atoms with Crippen LogP contribution in [0.1, 0.15) is 33.9 Å². The number of aliphatic hydroxyl groups is 1. The Balaban J connectivity index is 1.53. The fourth-order valence-corrected chi connectivity index (χ4v) is 6.50. The molecule has 0 spiro atoms. The highest BCUT2D eigenvalue weighted by molar-refractivity contribution is 7.52. The fourth-order valence-electron chi connectivity index (χ4n) is 5.00. The summed E-state index contributed by atoms with van der Waals surface area (Å²) in [4.78, 5) is 28.2. The summed E-state index contributed by atoms with van der Waals surface area (Å²) in [5.41, 5.74) is 2.02. The molecule has 1 aromatic carbocycles. The number of aliphatic hydroxyl groups excluding tert-OH is 1. The highest BCUT2D eigenvalue weighted by Crippen LogP contribution is 2.74. The Morgan fingerprint density at radius 3 is 2.58 bits per heavy atom. The predicted octanol–water partition coefficient (Wildman–Crippen LogP) is 2.19. The number of para-hydroxylation sites is 1. The molecule has 4 unspecified atom stereocenters. The van der Waals surface area contributed by atoms with E-state index in [1.165, 1.54) is 19.2 Å². The number of alkyl halides is 1. The molecule has 0 radical (unpaired) electrons. The zero-order chi connectivity index (χ0) is 27.9. The number of nitrogens with one attached hydrogen (secondary N) is 1. The summed E-state index contributed by atoms with van der Waals surface area (Å²) in [5, 5.41) is 12.8. The van der Waals surface area contributed by atoms with Crippen molar-refractivity contribution >= 4 is 19.5 Å². The van der Waals surface area contributed by atoms with Crippen molar-refractivity contribution in [1.82, 2.24) is 14.6 Å². The van der Waals surface area contributed by atoms with E-state index in [0.29, 0.717) is 0 Å². The van der Waals surface area contributed by atoms with Crippen LogP contribution in [0.5, 0.6) is 5.75 Å². The van der Waals surface area contributed by atoms with Crippen molar-refractivity contribution in [3.05, 3.63) is 53.1 Å². The molecule has 208 valence electrons. The SMILES string of the molecule is CC(C)OC(=O)[C@H](C)NP(=O)(OC[C@H]1C2(C)O[C@H](n3ccc(N)nc3=O)C(F)C12CO)Oc1ccccc1. The summed E-state index contributed by atoms with van der Waals surface area (Å²) in [6.45, 7) is 5.41. The molecular formula is C24H32FN4O8P. The summed E-state index contributed by atoms with van der Waals surface area (Å²) < 4.78 is 53.0. The Labute approximate surface area is 218 Å². The van der Waals surface area contributed by atoms with Crippen LogP contribution in [0.3, 0.4) is 0 Å². The van der Waals surface area contributed by atoms with Gasteiger partial charge in [0.15, 0.2) is 12.4 Å². The van der Waals surface area contributed by atoms with Crippen molar-refractivity contribution in [3.63, 3.8) is 0 Å². The van der Waals surface area contributed by atoms with Crippen molar-refractivity contribution in [2.75, 3.05) is 18.9 Å². The van der Waals surface area contributed by atoms with Crippen LogP contribution in [0, 0.1) is 11.3 Å². The second kappa shape index (κ2) is 10.4. The largest absolute Gasteiger partial charge is 0.462 e. The van der Waals surface area contributed by atoms with Gasteiger partial charge in [-0.3, -0.25) is 13.9 Å². The molecule has 1 aliphatic carbocycles. The lowest BCUT2D eigenvalue weighted by molar-refractivity contribution is -0.149. The number of anilines is 1. The van der Waals surface area contributed by atoms with E-state index < -0.39 is 67.5 Å². The van der Waals surface area contributed by atoms with Gasteiger partial charge in [0, 0.05) is 12.1 Å². The average Bonchev–Trinajstić information content (AvgIpc) is 3.28.